The van der Waals surface area contributed by atoms with E-state index in [2.05, 4.69) is 10.0 Å². The van der Waals surface area contributed by atoms with E-state index in [-0.39, 0.29) is 18.1 Å². The van der Waals surface area contributed by atoms with Gasteiger partial charge in [0.1, 0.15) is 0 Å². The van der Waals surface area contributed by atoms with E-state index in [0.29, 0.717) is 12.2 Å². The van der Waals surface area contributed by atoms with Crippen molar-refractivity contribution in [3.63, 3.8) is 0 Å². The summed E-state index contributed by atoms with van der Waals surface area (Å²) in [6.45, 7) is 3.23. The molecule has 1 aromatic carbocycles. The van der Waals surface area contributed by atoms with Crippen LogP contribution in [0.15, 0.2) is 29.2 Å². The van der Waals surface area contributed by atoms with Crippen molar-refractivity contribution in [3.8, 4) is 0 Å². The van der Waals surface area contributed by atoms with Gasteiger partial charge in [0, 0.05) is 12.2 Å². The van der Waals surface area contributed by atoms with Gasteiger partial charge in [0.05, 0.1) is 23.6 Å². The highest BCUT2D eigenvalue weighted by Gasteiger charge is 2.22. The van der Waals surface area contributed by atoms with E-state index < -0.39 is 15.6 Å². The van der Waals surface area contributed by atoms with Crippen LogP contribution in [0.4, 0.5) is 5.69 Å². The summed E-state index contributed by atoms with van der Waals surface area (Å²) >= 11 is 0. The van der Waals surface area contributed by atoms with E-state index in [1.165, 1.54) is 12.1 Å². The highest BCUT2D eigenvalue weighted by atomic mass is 32.2. The molecular weight excluding hydrogens is 268 g/mol. The molecule has 0 bridgehead atoms. The molecule has 7 heteroatoms. The molecule has 0 saturated carbocycles. The quantitative estimate of drug-likeness (QED) is 0.572. The molecule has 108 valence electrons. The van der Waals surface area contributed by atoms with Gasteiger partial charge in [-0.2, -0.15) is 0 Å². The minimum Gasteiger partial charge on any atom is -0.394 e. The highest BCUT2D eigenvalue weighted by molar-refractivity contribution is 7.89. The maximum Gasteiger partial charge on any atom is 0.240 e. The number of aliphatic hydroxyl groups excluding tert-OH is 2. The van der Waals surface area contributed by atoms with E-state index in [0.717, 1.165) is 0 Å². The SMILES string of the molecule is CCNS(=O)(=O)c1ccc(NC(C)(CO)CO)cc1. The van der Waals surface area contributed by atoms with Gasteiger partial charge in [-0.1, -0.05) is 6.92 Å². The van der Waals surface area contributed by atoms with Crippen molar-refractivity contribution in [2.75, 3.05) is 25.1 Å². The molecule has 0 unspecified atom stereocenters. The number of benzene rings is 1. The number of nitrogens with one attached hydrogen (secondary N) is 2. The van der Waals surface area contributed by atoms with E-state index in [1.807, 2.05) is 0 Å². The van der Waals surface area contributed by atoms with Crippen LogP contribution in [0, 0.1) is 0 Å². The molecule has 0 atom stereocenters. The molecule has 19 heavy (non-hydrogen) atoms. The molecule has 0 radical (unpaired) electrons. The Bertz CT molecular complexity index is 495. The molecule has 0 saturated heterocycles. The Labute approximate surface area is 113 Å². The summed E-state index contributed by atoms with van der Waals surface area (Å²) in [5.41, 5.74) is -0.219. The van der Waals surface area contributed by atoms with Crippen LogP contribution in [-0.2, 0) is 10.0 Å². The molecule has 0 amide bonds. The normalized spacial score (nSPS) is 12.4. The molecule has 1 rings (SSSR count). The number of anilines is 1. The van der Waals surface area contributed by atoms with E-state index in [1.54, 1.807) is 26.0 Å². The van der Waals surface area contributed by atoms with Gasteiger partial charge in [-0.3, -0.25) is 0 Å². The molecule has 0 aliphatic carbocycles. The van der Waals surface area contributed by atoms with Crippen LogP contribution in [0.2, 0.25) is 0 Å². The smallest absolute Gasteiger partial charge is 0.240 e. The van der Waals surface area contributed by atoms with Crippen molar-refractivity contribution in [2.24, 2.45) is 0 Å². The van der Waals surface area contributed by atoms with Crippen LogP contribution >= 0.6 is 0 Å². The topological polar surface area (TPSA) is 98.7 Å². The molecule has 0 fully saturated rings. The van der Waals surface area contributed by atoms with Gasteiger partial charge in [0.2, 0.25) is 10.0 Å². The third-order valence-electron chi connectivity index (χ3n) is 2.64. The second-order valence-electron chi connectivity index (χ2n) is 4.53. The lowest BCUT2D eigenvalue weighted by Crippen LogP contribution is -2.42. The Balaban J connectivity index is 2.89. The fourth-order valence-electron chi connectivity index (χ4n) is 1.47. The van der Waals surface area contributed by atoms with Crippen molar-refractivity contribution >= 4 is 15.7 Å². The van der Waals surface area contributed by atoms with Crippen LogP contribution in [0.3, 0.4) is 0 Å². The minimum atomic E-state index is -3.46. The van der Waals surface area contributed by atoms with Crippen molar-refractivity contribution in [2.45, 2.75) is 24.3 Å². The number of sulfonamides is 1. The second kappa shape index (κ2) is 6.33. The van der Waals surface area contributed by atoms with Crippen molar-refractivity contribution in [3.05, 3.63) is 24.3 Å². The summed E-state index contributed by atoms with van der Waals surface area (Å²) in [6.07, 6.45) is 0. The van der Waals surface area contributed by atoms with Crippen LogP contribution in [0.5, 0.6) is 0 Å². The van der Waals surface area contributed by atoms with Gasteiger partial charge in [-0.05, 0) is 31.2 Å². The maximum absolute atomic E-state index is 11.7. The maximum atomic E-state index is 11.7. The van der Waals surface area contributed by atoms with Gasteiger partial charge in [0.25, 0.3) is 0 Å². The number of hydrogen-bond donors (Lipinski definition) is 4. The summed E-state index contributed by atoms with van der Waals surface area (Å²) < 4.78 is 25.9. The van der Waals surface area contributed by atoms with Crippen molar-refractivity contribution < 1.29 is 18.6 Å². The Morgan fingerprint density at radius 1 is 1.16 bits per heavy atom. The Kier molecular flexibility index (Phi) is 5.30. The molecular formula is C12H20N2O4S. The third-order valence-corrected chi connectivity index (χ3v) is 4.20. The summed E-state index contributed by atoms with van der Waals surface area (Å²) in [7, 11) is -3.46. The fourth-order valence-corrected chi connectivity index (χ4v) is 2.51. The number of hydrogen-bond acceptors (Lipinski definition) is 5. The summed E-state index contributed by atoms with van der Waals surface area (Å²) in [6, 6.07) is 6.12. The van der Waals surface area contributed by atoms with Crippen molar-refractivity contribution in [1.82, 2.24) is 4.72 Å². The van der Waals surface area contributed by atoms with Crippen molar-refractivity contribution in [1.29, 1.82) is 0 Å². The monoisotopic (exact) mass is 288 g/mol. The zero-order valence-electron chi connectivity index (χ0n) is 11.0. The molecule has 6 nitrogen and oxygen atoms in total. The Hall–Kier alpha value is -1.15. The summed E-state index contributed by atoms with van der Waals surface area (Å²) in [5.74, 6) is 0. The van der Waals surface area contributed by atoms with E-state index in [4.69, 9.17) is 0 Å². The van der Waals surface area contributed by atoms with Gasteiger partial charge in [0.15, 0.2) is 0 Å². The predicted molar refractivity (Wildman–Crippen MR) is 73.5 cm³/mol. The first-order valence-electron chi connectivity index (χ1n) is 5.96. The van der Waals surface area contributed by atoms with Gasteiger partial charge in [-0.25, -0.2) is 13.1 Å². The van der Waals surface area contributed by atoms with Gasteiger partial charge in [-0.15, -0.1) is 0 Å². The zero-order valence-corrected chi connectivity index (χ0v) is 11.9. The first-order chi connectivity index (χ1) is 8.87. The second-order valence-corrected chi connectivity index (χ2v) is 6.29. The Morgan fingerprint density at radius 3 is 2.11 bits per heavy atom. The molecule has 0 aliphatic rings. The fraction of sp³-hybridized carbons (Fsp3) is 0.500. The lowest BCUT2D eigenvalue weighted by molar-refractivity contribution is 0.147. The van der Waals surface area contributed by atoms with Crippen LogP contribution in [-0.4, -0.2) is 43.9 Å². The van der Waals surface area contributed by atoms with Gasteiger partial charge < -0.3 is 15.5 Å². The largest absolute Gasteiger partial charge is 0.394 e. The number of aliphatic hydroxyl groups is 2. The first kappa shape index (κ1) is 15.9. The third kappa shape index (κ3) is 4.17. The molecule has 0 aliphatic heterocycles. The van der Waals surface area contributed by atoms with E-state index >= 15 is 0 Å². The summed E-state index contributed by atoms with van der Waals surface area (Å²) in [5, 5.41) is 21.3. The highest BCUT2D eigenvalue weighted by Crippen LogP contribution is 2.17. The van der Waals surface area contributed by atoms with Crippen LogP contribution in [0.25, 0.3) is 0 Å². The van der Waals surface area contributed by atoms with E-state index in [9.17, 15) is 18.6 Å². The lowest BCUT2D eigenvalue weighted by Gasteiger charge is -2.27. The average Bonchev–Trinajstić information content (AvgIpc) is 2.39. The number of rotatable bonds is 7. The molecule has 0 spiro atoms. The Morgan fingerprint density at radius 2 is 1.68 bits per heavy atom. The standard InChI is InChI=1S/C12H20N2O4S/c1-3-13-19(17,18)11-6-4-10(5-7-11)14-12(2,8-15)9-16/h4-7,13-16H,3,8-9H2,1-2H3. The molecule has 0 aromatic heterocycles. The van der Waals surface area contributed by atoms with Gasteiger partial charge >= 0.3 is 0 Å². The minimum absolute atomic E-state index is 0.176. The lowest BCUT2D eigenvalue weighted by atomic mass is 10.1. The van der Waals surface area contributed by atoms with Crippen LogP contribution < -0.4 is 10.0 Å². The zero-order chi connectivity index (χ0) is 14.5. The summed E-state index contributed by atoms with van der Waals surface area (Å²) in [4.78, 5) is 0.176. The average molecular weight is 288 g/mol. The van der Waals surface area contributed by atoms with Crippen LogP contribution in [0.1, 0.15) is 13.8 Å². The first-order valence-corrected chi connectivity index (χ1v) is 7.45. The predicted octanol–water partition coefficient (Wildman–Crippen LogP) is 0.140. The molecule has 4 N–H and O–H groups in total. The molecule has 0 heterocycles. The molecule has 1 aromatic rings.